The summed E-state index contributed by atoms with van der Waals surface area (Å²) in [5, 5.41) is 6.71. The number of thioether (sulfide) groups is 1. The number of fused-ring (bicyclic) bond motifs is 1. The number of benzene rings is 3. The van der Waals surface area contributed by atoms with Crippen LogP contribution in [0.5, 0.6) is 0 Å². The molecule has 0 aliphatic carbocycles. The number of hydrogen-bond acceptors (Lipinski definition) is 9. The largest absolute Gasteiger partial charge is 0.376 e. The van der Waals surface area contributed by atoms with Crippen LogP contribution in [0.3, 0.4) is 0 Å². The quantitative estimate of drug-likeness (QED) is 0.0737. The van der Waals surface area contributed by atoms with E-state index in [9.17, 15) is 0 Å². The summed E-state index contributed by atoms with van der Waals surface area (Å²) in [7, 11) is 0. The highest BCUT2D eigenvalue weighted by Crippen LogP contribution is 2.47. The Morgan fingerprint density at radius 2 is 1.31 bits per heavy atom. The van der Waals surface area contributed by atoms with Gasteiger partial charge in [-0.15, -0.1) is 11.8 Å². The van der Waals surface area contributed by atoms with E-state index in [1.165, 1.54) is 0 Å². The lowest BCUT2D eigenvalue weighted by atomic mass is 10.1. The van der Waals surface area contributed by atoms with Crippen LogP contribution in [0.2, 0.25) is 0 Å². The maximum Gasteiger partial charge on any atom is 0.219 e. The average Bonchev–Trinajstić information content (AvgIpc) is 3.65. The molecule has 14 heteroatoms. The number of ether oxygens (including phenoxy) is 3. The first-order valence-corrected chi connectivity index (χ1v) is 15.1. The molecule has 0 N–H and O–H groups in total. The minimum Gasteiger partial charge on any atom is -0.376 e. The van der Waals surface area contributed by atoms with E-state index in [1.54, 1.807) is 18.1 Å². The van der Waals surface area contributed by atoms with E-state index in [4.69, 9.17) is 25.3 Å². The molecular formula is C31H28N10O3S. The Labute approximate surface area is 262 Å². The molecule has 45 heavy (non-hydrogen) atoms. The molecule has 1 aliphatic rings. The molecule has 0 saturated carbocycles. The highest BCUT2D eigenvalue weighted by Gasteiger charge is 2.47. The second kappa shape index (κ2) is 14.7. The summed E-state index contributed by atoms with van der Waals surface area (Å²) in [4.78, 5) is 18.7. The summed E-state index contributed by atoms with van der Waals surface area (Å²) >= 11 is 1.62. The van der Waals surface area contributed by atoms with Crippen LogP contribution in [0.1, 0.15) is 22.1 Å². The molecule has 1 saturated heterocycles. The molecule has 5 aromatic rings. The van der Waals surface area contributed by atoms with E-state index in [0.717, 1.165) is 16.7 Å². The molecule has 0 amide bonds. The summed E-state index contributed by atoms with van der Waals surface area (Å²) in [6.07, 6.45) is 0.753. The molecular weight excluding hydrogens is 592 g/mol. The molecule has 1 fully saturated rings. The number of rotatable bonds is 13. The normalized spacial score (nSPS) is 19.2. The molecule has 6 rings (SSSR count). The lowest BCUT2D eigenvalue weighted by Crippen LogP contribution is -2.38. The van der Waals surface area contributed by atoms with Gasteiger partial charge in [-0.2, -0.15) is 0 Å². The smallest absolute Gasteiger partial charge is 0.219 e. The van der Waals surface area contributed by atoms with Crippen LogP contribution in [0.25, 0.3) is 32.0 Å². The van der Waals surface area contributed by atoms with Crippen LogP contribution >= 0.6 is 11.8 Å². The Bertz CT molecular complexity index is 1810. The lowest BCUT2D eigenvalue weighted by Gasteiger charge is -2.27. The first-order valence-electron chi connectivity index (χ1n) is 14.2. The van der Waals surface area contributed by atoms with Crippen LogP contribution in [0.4, 0.5) is 11.8 Å². The monoisotopic (exact) mass is 620 g/mol. The lowest BCUT2D eigenvalue weighted by molar-refractivity contribution is -0.0913. The highest BCUT2D eigenvalue weighted by molar-refractivity contribution is 8.00. The second-order valence-electron chi connectivity index (χ2n) is 10.1. The number of aromatic nitrogens is 4. The number of hydrogen-bond donors (Lipinski definition) is 0. The van der Waals surface area contributed by atoms with Crippen molar-refractivity contribution in [3.8, 4) is 0 Å². The van der Waals surface area contributed by atoms with Gasteiger partial charge in [-0.3, -0.25) is 4.57 Å². The van der Waals surface area contributed by atoms with Crippen molar-refractivity contribution in [2.75, 3.05) is 6.61 Å². The van der Waals surface area contributed by atoms with E-state index in [1.807, 2.05) is 95.6 Å². The SMILES string of the molecule is [N-]=[N+]=Nc1nc(N=[N+]=[N-])c2ncn([C@H]3S[C@H](COCc4ccccc4)[C@@H](OCc4ccccc4)[C@@H]3OCc3ccccc3)c2n1. The van der Waals surface area contributed by atoms with Crippen LogP contribution in [0, 0.1) is 0 Å². The van der Waals surface area contributed by atoms with Crippen molar-refractivity contribution in [3.63, 3.8) is 0 Å². The standard InChI is InChI=1S/C31H28N10O3S/c32-39-37-28-25-29(36-31(35-28)38-40-33)41(20-34-25)30-27(44-18-23-14-8-3-9-15-23)26(43-17-22-12-6-2-7-13-22)24(45-30)19-42-16-21-10-4-1-5-11-21/h1-15,20,24,26-27,30H,16-19H2/t24-,26-,27+,30+/m1/s1. The fourth-order valence-corrected chi connectivity index (χ4v) is 6.71. The summed E-state index contributed by atoms with van der Waals surface area (Å²) < 4.78 is 21.4. The van der Waals surface area contributed by atoms with Crippen molar-refractivity contribution in [3.05, 3.63) is 135 Å². The Balaban J connectivity index is 1.36. The van der Waals surface area contributed by atoms with Crippen LogP contribution < -0.4 is 0 Å². The minimum absolute atomic E-state index is 0.0342. The van der Waals surface area contributed by atoms with Crippen molar-refractivity contribution < 1.29 is 14.2 Å². The van der Waals surface area contributed by atoms with E-state index in [2.05, 4.69) is 35.0 Å². The third-order valence-electron chi connectivity index (χ3n) is 7.19. The first-order chi connectivity index (χ1) is 22.2. The van der Waals surface area contributed by atoms with Gasteiger partial charge in [-0.25, -0.2) is 15.0 Å². The molecule has 0 radical (unpaired) electrons. The second-order valence-corrected chi connectivity index (χ2v) is 11.5. The maximum atomic E-state index is 9.13. The van der Waals surface area contributed by atoms with Crippen molar-refractivity contribution >= 4 is 34.7 Å². The first kappa shape index (κ1) is 30.1. The van der Waals surface area contributed by atoms with Gasteiger partial charge >= 0.3 is 0 Å². The van der Waals surface area contributed by atoms with Gasteiger partial charge in [0.1, 0.15) is 23.1 Å². The average molecular weight is 621 g/mol. The molecule has 0 unspecified atom stereocenters. The van der Waals surface area contributed by atoms with Crippen LogP contribution in [0.15, 0.2) is 108 Å². The van der Waals surface area contributed by atoms with Crippen LogP contribution in [-0.2, 0) is 34.0 Å². The Hall–Kier alpha value is -4.94. The fourth-order valence-electron chi connectivity index (χ4n) is 5.12. The van der Waals surface area contributed by atoms with E-state index in [-0.39, 0.29) is 34.0 Å². The van der Waals surface area contributed by atoms with Gasteiger partial charge in [0.15, 0.2) is 11.5 Å². The van der Waals surface area contributed by atoms with E-state index < -0.39 is 6.10 Å². The number of azide groups is 2. The zero-order chi connectivity index (χ0) is 30.8. The molecule has 3 aromatic carbocycles. The summed E-state index contributed by atoms with van der Waals surface area (Å²) in [5.74, 6) is -0.216. The summed E-state index contributed by atoms with van der Waals surface area (Å²) in [5.41, 5.74) is 21.9. The molecule has 1 aliphatic heterocycles. The van der Waals surface area contributed by atoms with Gasteiger partial charge in [0.25, 0.3) is 0 Å². The molecule has 2 aromatic heterocycles. The van der Waals surface area contributed by atoms with E-state index in [0.29, 0.717) is 32.1 Å². The third kappa shape index (κ3) is 7.24. The number of nitrogens with zero attached hydrogens (tertiary/aromatic N) is 10. The predicted octanol–water partition coefficient (Wildman–Crippen LogP) is 7.71. The molecule has 3 heterocycles. The number of imidazole rings is 1. The van der Waals surface area contributed by atoms with Crippen LogP contribution in [-0.4, -0.2) is 43.6 Å². The fraction of sp³-hybridized carbons (Fsp3) is 0.258. The zero-order valence-corrected chi connectivity index (χ0v) is 24.8. The third-order valence-corrected chi connectivity index (χ3v) is 8.72. The van der Waals surface area contributed by atoms with Gasteiger partial charge in [-0.1, -0.05) is 91.0 Å². The zero-order valence-electron chi connectivity index (χ0n) is 24.0. The molecule has 226 valence electrons. The maximum absolute atomic E-state index is 9.13. The van der Waals surface area contributed by atoms with E-state index >= 15 is 0 Å². The molecule has 0 bridgehead atoms. The predicted molar refractivity (Wildman–Crippen MR) is 169 cm³/mol. The summed E-state index contributed by atoms with van der Waals surface area (Å²) in [6.45, 7) is 1.58. The van der Waals surface area contributed by atoms with Gasteiger partial charge in [0.2, 0.25) is 5.95 Å². The van der Waals surface area contributed by atoms with Gasteiger partial charge < -0.3 is 14.2 Å². The summed E-state index contributed by atoms with van der Waals surface area (Å²) in [6, 6.07) is 29.9. The van der Waals surface area contributed by atoms with Crippen molar-refractivity contribution in [2.45, 2.75) is 42.7 Å². The molecule has 13 nitrogen and oxygen atoms in total. The Kier molecular flexibility index (Phi) is 9.83. The highest BCUT2D eigenvalue weighted by atomic mass is 32.2. The van der Waals surface area contributed by atoms with Gasteiger partial charge in [-0.05, 0) is 38.0 Å². The van der Waals surface area contributed by atoms with Crippen molar-refractivity contribution in [1.82, 2.24) is 19.5 Å². The van der Waals surface area contributed by atoms with Gasteiger partial charge in [0.05, 0.1) is 38.0 Å². The Morgan fingerprint density at radius 1 is 0.733 bits per heavy atom. The Morgan fingerprint density at radius 3 is 1.91 bits per heavy atom. The van der Waals surface area contributed by atoms with Crippen molar-refractivity contribution in [2.24, 2.45) is 10.2 Å². The van der Waals surface area contributed by atoms with Gasteiger partial charge in [0, 0.05) is 9.82 Å². The molecule has 0 spiro atoms. The molecule has 4 atom stereocenters. The minimum atomic E-state index is -0.470. The topological polar surface area (TPSA) is 169 Å². The van der Waals surface area contributed by atoms with Crippen molar-refractivity contribution in [1.29, 1.82) is 0 Å².